The average Bonchev–Trinajstić information content (AvgIpc) is 1.85. The predicted octanol–water partition coefficient (Wildman–Crippen LogP) is 2.35. The molecule has 0 aliphatic carbocycles. The van der Waals surface area contributed by atoms with Crippen molar-refractivity contribution in [1.82, 2.24) is 0 Å². The first-order chi connectivity index (χ1) is 4.31. The molecule has 0 unspecified atom stereocenters. The van der Waals surface area contributed by atoms with Crippen molar-refractivity contribution in [2.75, 3.05) is 0 Å². The third-order valence-electron chi connectivity index (χ3n) is 0.917. The molecule has 0 saturated carbocycles. The Labute approximate surface area is 57.3 Å². The van der Waals surface area contributed by atoms with Crippen LogP contribution in [0.5, 0.6) is 0 Å². The highest BCUT2D eigenvalue weighted by atomic mass is 13.9. The molecule has 0 heterocycles. The van der Waals surface area contributed by atoms with E-state index in [1.165, 1.54) is 0 Å². The van der Waals surface area contributed by atoms with Crippen LogP contribution in [0.15, 0.2) is 24.3 Å². The van der Waals surface area contributed by atoms with Crippen LogP contribution in [-0.4, -0.2) is 0 Å². The third-order valence-corrected chi connectivity index (χ3v) is 0.917. The van der Waals surface area contributed by atoms with Crippen LogP contribution < -0.4 is 0 Å². The Balaban J connectivity index is 3.58. The van der Waals surface area contributed by atoms with Gasteiger partial charge in [0.15, 0.2) is 0 Å². The van der Waals surface area contributed by atoms with Crippen molar-refractivity contribution >= 4 is 0 Å². The van der Waals surface area contributed by atoms with Crippen molar-refractivity contribution in [1.29, 1.82) is 0 Å². The molecule has 0 N–H and O–H groups in total. The molecule has 0 aromatic rings. The van der Waals surface area contributed by atoms with E-state index in [4.69, 9.17) is 6.42 Å². The molecular weight excluding hydrogens is 108 g/mol. The fourth-order valence-corrected chi connectivity index (χ4v) is 0.460. The second-order valence-corrected chi connectivity index (χ2v) is 1.78. The molecular formula is C9H11. The fourth-order valence-electron chi connectivity index (χ4n) is 0.460. The number of rotatable bonds is 3. The van der Waals surface area contributed by atoms with E-state index in [1.54, 1.807) is 6.42 Å². The Kier molecular flexibility index (Phi) is 4.63. The topological polar surface area (TPSA) is 0 Å². The van der Waals surface area contributed by atoms with Crippen LogP contribution in [0.25, 0.3) is 0 Å². The number of hydrogen-bond acceptors (Lipinski definition) is 0. The Morgan fingerprint density at radius 1 is 1.78 bits per heavy atom. The van der Waals surface area contributed by atoms with E-state index < -0.39 is 0 Å². The van der Waals surface area contributed by atoms with Crippen LogP contribution in [-0.2, 0) is 0 Å². The first-order valence-electron chi connectivity index (χ1n) is 2.88. The largest absolute Gasteiger partial charge is 0.119 e. The van der Waals surface area contributed by atoms with Crippen molar-refractivity contribution in [2.45, 2.75) is 13.3 Å². The average molecular weight is 119 g/mol. The maximum Gasteiger partial charge on any atom is 0.0582 e. The van der Waals surface area contributed by atoms with E-state index in [9.17, 15) is 0 Å². The van der Waals surface area contributed by atoms with Crippen LogP contribution in [0.4, 0.5) is 0 Å². The second-order valence-electron chi connectivity index (χ2n) is 1.78. The lowest BCUT2D eigenvalue weighted by atomic mass is 10.2. The molecule has 1 radical (unpaired) electrons. The molecule has 0 heteroatoms. The normalized spacial score (nSPS) is 10.4. The van der Waals surface area contributed by atoms with Gasteiger partial charge in [0.2, 0.25) is 0 Å². The van der Waals surface area contributed by atoms with Gasteiger partial charge >= 0.3 is 0 Å². The van der Waals surface area contributed by atoms with Gasteiger partial charge in [0.1, 0.15) is 0 Å². The predicted molar refractivity (Wildman–Crippen MR) is 41.7 cm³/mol. The molecule has 0 amide bonds. The molecule has 47 valence electrons. The lowest BCUT2D eigenvalue weighted by Crippen LogP contribution is -1.72. The number of terminal acetylenes is 1. The lowest BCUT2D eigenvalue weighted by molar-refractivity contribution is 1.32. The molecule has 0 bridgehead atoms. The monoisotopic (exact) mass is 119 g/mol. The van der Waals surface area contributed by atoms with Gasteiger partial charge in [-0.3, -0.25) is 0 Å². The van der Waals surface area contributed by atoms with E-state index in [0.29, 0.717) is 0 Å². The number of allylic oxidation sites excluding steroid dienone is 3. The van der Waals surface area contributed by atoms with Crippen molar-refractivity contribution in [3.05, 3.63) is 30.7 Å². The Hall–Kier alpha value is -0.960. The van der Waals surface area contributed by atoms with E-state index >= 15 is 0 Å². The molecule has 0 aromatic carbocycles. The van der Waals surface area contributed by atoms with Crippen molar-refractivity contribution in [3.63, 3.8) is 0 Å². The standard InChI is InChI=1S/C9H11/c1-4-6-8-9(3)7-5-2/h2,4,7-8H,1,6H2,3H3/b9-8+. The third kappa shape index (κ3) is 4.90. The number of hydrogen-bond donors (Lipinski definition) is 0. The summed E-state index contributed by atoms with van der Waals surface area (Å²) in [4.78, 5) is 0. The first-order valence-corrected chi connectivity index (χ1v) is 2.88. The molecule has 0 aromatic heterocycles. The highest BCUT2D eigenvalue weighted by Crippen LogP contribution is 1.97. The minimum absolute atomic E-state index is 0.893. The van der Waals surface area contributed by atoms with Gasteiger partial charge in [0.05, 0.1) is 6.42 Å². The smallest absolute Gasteiger partial charge is 0.0582 e. The van der Waals surface area contributed by atoms with E-state index in [1.807, 2.05) is 19.1 Å². The summed E-state index contributed by atoms with van der Waals surface area (Å²) in [6.45, 7) is 5.56. The van der Waals surface area contributed by atoms with Crippen LogP contribution in [0.3, 0.4) is 0 Å². The van der Waals surface area contributed by atoms with Gasteiger partial charge in [-0.05, 0) is 13.3 Å². The van der Waals surface area contributed by atoms with Gasteiger partial charge in [-0.25, -0.2) is 0 Å². The van der Waals surface area contributed by atoms with Gasteiger partial charge in [-0.15, -0.1) is 13.0 Å². The highest BCUT2D eigenvalue weighted by Gasteiger charge is 1.81. The molecule has 0 rings (SSSR count). The summed E-state index contributed by atoms with van der Waals surface area (Å²) in [5.74, 6) is 2.45. The van der Waals surface area contributed by atoms with Crippen LogP contribution in [0.2, 0.25) is 0 Å². The van der Waals surface area contributed by atoms with Crippen LogP contribution in [0, 0.1) is 18.8 Å². The summed E-state index contributed by atoms with van der Waals surface area (Å²) in [5.41, 5.74) is 1.12. The van der Waals surface area contributed by atoms with E-state index in [-0.39, 0.29) is 0 Å². The zero-order valence-electron chi connectivity index (χ0n) is 5.72. The summed E-state index contributed by atoms with van der Waals surface area (Å²) in [7, 11) is 0. The van der Waals surface area contributed by atoms with E-state index in [2.05, 4.69) is 12.5 Å². The fraction of sp³-hybridized carbons (Fsp3) is 0.222. The molecule has 0 aliphatic rings. The van der Waals surface area contributed by atoms with Gasteiger partial charge in [0, 0.05) is 0 Å². The molecule has 0 aliphatic heterocycles. The van der Waals surface area contributed by atoms with Crippen LogP contribution >= 0.6 is 0 Å². The van der Waals surface area contributed by atoms with Crippen molar-refractivity contribution in [3.8, 4) is 12.3 Å². The van der Waals surface area contributed by atoms with E-state index in [0.717, 1.165) is 12.0 Å². The Bertz CT molecular complexity index is 144. The maximum absolute atomic E-state index is 5.03. The van der Waals surface area contributed by atoms with Gasteiger partial charge < -0.3 is 0 Å². The second kappa shape index (κ2) is 5.18. The summed E-state index contributed by atoms with van der Waals surface area (Å²) in [6, 6.07) is 0. The van der Waals surface area contributed by atoms with Gasteiger partial charge in [-0.2, -0.15) is 0 Å². The summed E-state index contributed by atoms with van der Waals surface area (Å²) in [5, 5.41) is 0. The molecule has 0 spiro atoms. The summed E-state index contributed by atoms with van der Waals surface area (Å²) < 4.78 is 0. The van der Waals surface area contributed by atoms with Crippen molar-refractivity contribution in [2.24, 2.45) is 0 Å². The summed E-state index contributed by atoms with van der Waals surface area (Å²) in [6.07, 6.45) is 11.5. The molecule has 0 nitrogen and oxygen atoms in total. The SMILES string of the molecule is C#C[CH]/C(C)=C/CC=C. The van der Waals surface area contributed by atoms with Gasteiger partial charge in [-0.1, -0.05) is 23.6 Å². The van der Waals surface area contributed by atoms with Crippen molar-refractivity contribution < 1.29 is 0 Å². The summed E-state index contributed by atoms with van der Waals surface area (Å²) >= 11 is 0. The molecule has 0 saturated heterocycles. The zero-order chi connectivity index (χ0) is 7.11. The molecule has 9 heavy (non-hydrogen) atoms. The minimum atomic E-state index is 0.893. The lowest BCUT2D eigenvalue weighted by Gasteiger charge is -1.88. The minimum Gasteiger partial charge on any atom is -0.119 e. The van der Waals surface area contributed by atoms with Gasteiger partial charge in [0.25, 0.3) is 0 Å². The maximum atomic E-state index is 5.03. The Morgan fingerprint density at radius 2 is 2.44 bits per heavy atom. The van der Waals surface area contributed by atoms with Crippen LogP contribution in [0.1, 0.15) is 13.3 Å². The first kappa shape index (κ1) is 8.04. The molecule has 0 atom stereocenters. The molecule has 0 fully saturated rings. The highest BCUT2D eigenvalue weighted by molar-refractivity contribution is 5.23. The quantitative estimate of drug-likeness (QED) is 0.395. The zero-order valence-corrected chi connectivity index (χ0v) is 5.72. The Morgan fingerprint density at radius 3 is 2.89 bits per heavy atom.